The van der Waals surface area contributed by atoms with Crippen LogP contribution >= 0.6 is 0 Å². The molecular weight excluding hydrogens is 238 g/mol. The molecule has 0 aliphatic heterocycles. The number of hydrogen-bond donors (Lipinski definition) is 1. The van der Waals surface area contributed by atoms with Crippen molar-refractivity contribution in [1.82, 2.24) is 0 Å². The monoisotopic (exact) mass is 263 g/mol. The zero-order valence-electron chi connectivity index (χ0n) is 12.2. The van der Waals surface area contributed by atoms with E-state index in [1.807, 2.05) is 18.2 Å². The van der Waals surface area contributed by atoms with Crippen molar-refractivity contribution in [1.29, 1.82) is 0 Å². The topological polar surface area (TPSA) is 44.5 Å². The first-order valence-electron chi connectivity index (χ1n) is 7.13. The smallest absolute Gasteiger partial charge is 0.127 e. The molecule has 1 aromatic rings. The van der Waals surface area contributed by atoms with E-state index < -0.39 is 0 Å². The molecule has 1 atom stereocenters. The van der Waals surface area contributed by atoms with Crippen molar-refractivity contribution in [3.8, 4) is 11.5 Å². The van der Waals surface area contributed by atoms with Crippen LogP contribution in [0.2, 0.25) is 0 Å². The van der Waals surface area contributed by atoms with Gasteiger partial charge in [-0.25, -0.2) is 0 Å². The Hall–Kier alpha value is -1.22. The molecule has 1 fully saturated rings. The highest BCUT2D eigenvalue weighted by Crippen LogP contribution is 2.39. The van der Waals surface area contributed by atoms with Crippen LogP contribution in [0.25, 0.3) is 0 Å². The van der Waals surface area contributed by atoms with Crippen LogP contribution in [-0.2, 0) is 0 Å². The largest absolute Gasteiger partial charge is 0.497 e. The van der Waals surface area contributed by atoms with Crippen LogP contribution in [0.15, 0.2) is 18.2 Å². The number of nitrogens with two attached hydrogens (primary N) is 1. The van der Waals surface area contributed by atoms with Crippen LogP contribution in [0.1, 0.15) is 44.2 Å². The highest BCUT2D eigenvalue weighted by molar-refractivity contribution is 5.42. The SMILES string of the molecule is COc1ccc(C(N)C2CCC(C)CC2)c(OC)c1. The minimum absolute atomic E-state index is 0.0633. The van der Waals surface area contributed by atoms with E-state index in [0.717, 1.165) is 23.0 Å². The molecule has 0 radical (unpaired) electrons. The summed E-state index contributed by atoms with van der Waals surface area (Å²) >= 11 is 0. The summed E-state index contributed by atoms with van der Waals surface area (Å²) in [5.41, 5.74) is 7.56. The summed E-state index contributed by atoms with van der Waals surface area (Å²) in [7, 11) is 3.35. The minimum Gasteiger partial charge on any atom is -0.497 e. The highest BCUT2D eigenvalue weighted by Gasteiger charge is 2.26. The molecule has 0 saturated heterocycles. The van der Waals surface area contributed by atoms with Gasteiger partial charge >= 0.3 is 0 Å². The van der Waals surface area contributed by atoms with E-state index in [-0.39, 0.29) is 6.04 Å². The second-order valence-electron chi connectivity index (χ2n) is 5.65. The van der Waals surface area contributed by atoms with Crippen molar-refractivity contribution in [3.63, 3.8) is 0 Å². The first-order valence-corrected chi connectivity index (χ1v) is 7.13. The van der Waals surface area contributed by atoms with E-state index >= 15 is 0 Å². The normalized spacial score (nSPS) is 24.8. The Morgan fingerprint density at radius 2 is 1.79 bits per heavy atom. The molecule has 2 rings (SSSR count). The summed E-state index contributed by atoms with van der Waals surface area (Å²) in [6.07, 6.45) is 5.02. The Morgan fingerprint density at radius 3 is 2.37 bits per heavy atom. The first kappa shape index (κ1) is 14.2. The lowest BCUT2D eigenvalue weighted by Gasteiger charge is -2.31. The van der Waals surface area contributed by atoms with Crippen LogP contribution in [0.3, 0.4) is 0 Å². The molecule has 1 aromatic carbocycles. The van der Waals surface area contributed by atoms with Crippen LogP contribution in [0, 0.1) is 11.8 Å². The number of rotatable bonds is 4. The fraction of sp³-hybridized carbons (Fsp3) is 0.625. The van der Waals surface area contributed by atoms with Gasteiger partial charge in [0, 0.05) is 17.7 Å². The maximum Gasteiger partial charge on any atom is 0.127 e. The zero-order chi connectivity index (χ0) is 13.8. The maximum atomic E-state index is 6.46. The van der Waals surface area contributed by atoms with Crippen molar-refractivity contribution in [3.05, 3.63) is 23.8 Å². The summed E-state index contributed by atoms with van der Waals surface area (Å²) in [4.78, 5) is 0. The van der Waals surface area contributed by atoms with Crippen molar-refractivity contribution >= 4 is 0 Å². The van der Waals surface area contributed by atoms with E-state index in [1.165, 1.54) is 25.7 Å². The summed E-state index contributed by atoms with van der Waals surface area (Å²) in [6, 6.07) is 5.98. The molecule has 0 bridgehead atoms. The van der Waals surface area contributed by atoms with Crippen molar-refractivity contribution in [2.24, 2.45) is 17.6 Å². The predicted molar refractivity (Wildman–Crippen MR) is 77.6 cm³/mol. The maximum absolute atomic E-state index is 6.46. The van der Waals surface area contributed by atoms with Gasteiger partial charge < -0.3 is 15.2 Å². The van der Waals surface area contributed by atoms with Gasteiger partial charge in [-0.3, -0.25) is 0 Å². The third-order valence-corrected chi connectivity index (χ3v) is 4.37. The molecule has 1 aliphatic rings. The second kappa shape index (κ2) is 6.29. The highest BCUT2D eigenvalue weighted by atomic mass is 16.5. The molecule has 0 heterocycles. The van der Waals surface area contributed by atoms with E-state index in [2.05, 4.69) is 6.92 Å². The lowest BCUT2D eigenvalue weighted by atomic mass is 9.77. The summed E-state index contributed by atoms with van der Waals surface area (Å²) in [5, 5.41) is 0. The average molecular weight is 263 g/mol. The van der Waals surface area contributed by atoms with Gasteiger partial charge in [0.05, 0.1) is 14.2 Å². The second-order valence-corrected chi connectivity index (χ2v) is 5.65. The van der Waals surface area contributed by atoms with E-state index in [4.69, 9.17) is 15.2 Å². The lowest BCUT2D eigenvalue weighted by Crippen LogP contribution is -2.25. The fourth-order valence-electron chi connectivity index (χ4n) is 2.99. The molecule has 106 valence electrons. The lowest BCUT2D eigenvalue weighted by molar-refractivity contribution is 0.252. The number of ether oxygens (including phenoxy) is 2. The Kier molecular flexibility index (Phi) is 4.70. The molecule has 3 heteroatoms. The summed E-state index contributed by atoms with van der Waals surface area (Å²) in [6.45, 7) is 2.33. The quantitative estimate of drug-likeness (QED) is 0.903. The fourth-order valence-corrected chi connectivity index (χ4v) is 2.99. The van der Waals surface area contributed by atoms with Crippen LogP contribution in [0.4, 0.5) is 0 Å². The Morgan fingerprint density at radius 1 is 1.11 bits per heavy atom. The van der Waals surface area contributed by atoms with Crippen LogP contribution < -0.4 is 15.2 Å². The Labute approximate surface area is 116 Å². The number of hydrogen-bond acceptors (Lipinski definition) is 3. The summed E-state index contributed by atoms with van der Waals surface area (Å²) in [5.74, 6) is 3.07. The molecule has 0 spiro atoms. The van der Waals surface area contributed by atoms with Gasteiger partial charge in [0.1, 0.15) is 11.5 Å². The third-order valence-electron chi connectivity index (χ3n) is 4.37. The van der Waals surface area contributed by atoms with Crippen molar-refractivity contribution in [2.75, 3.05) is 14.2 Å². The average Bonchev–Trinajstić information content (AvgIpc) is 2.46. The number of methoxy groups -OCH3 is 2. The van der Waals surface area contributed by atoms with Gasteiger partial charge in [-0.15, -0.1) is 0 Å². The van der Waals surface area contributed by atoms with Gasteiger partial charge in [0.25, 0.3) is 0 Å². The van der Waals surface area contributed by atoms with E-state index in [9.17, 15) is 0 Å². The number of benzene rings is 1. The predicted octanol–water partition coefficient (Wildman–Crippen LogP) is 3.53. The van der Waals surface area contributed by atoms with Crippen molar-refractivity contribution in [2.45, 2.75) is 38.6 Å². The van der Waals surface area contributed by atoms with Crippen LogP contribution in [0.5, 0.6) is 11.5 Å². The third kappa shape index (κ3) is 3.21. The minimum atomic E-state index is 0.0633. The molecule has 0 aromatic heterocycles. The zero-order valence-corrected chi connectivity index (χ0v) is 12.2. The molecule has 19 heavy (non-hydrogen) atoms. The molecular formula is C16H25NO2. The Balaban J connectivity index is 2.16. The molecule has 1 saturated carbocycles. The molecule has 1 aliphatic carbocycles. The van der Waals surface area contributed by atoms with Gasteiger partial charge in [0.15, 0.2) is 0 Å². The van der Waals surface area contributed by atoms with E-state index in [1.54, 1.807) is 14.2 Å². The standard InChI is InChI=1S/C16H25NO2/c1-11-4-6-12(7-5-11)16(17)14-9-8-13(18-2)10-15(14)19-3/h8-12,16H,4-7,17H2,1-3H3. The van der Waals surface area contributed by atoms with Gasteiger partial charge in [-0.1, -0.05) is 25.8 Å². The molecule has 2 N–H and O–H groups in total. The van der Waals surface area contributed by atoms with Crippen molar-refractivity contribution < 1.29 is 9.47 Å². The van der Waals surface area contributed by atoms with E-state index in [0.29, 0.717) is 5.92 Å². The van der Waals surface area contributed by atoms with Gasteiger partial charge in [-0.2, -0.15) is 0 Å². The van der Waals surface area contributed by atoms with Gasteiger partial charge in [0.2, 0.25) is 0 Å². The van der Waals surface area contributed by atoms with Gasteiger partial charge in [-0.05, 0) is 30.7 Å². The first-order chi connectivity index (χ1) is 9.15. The molecule has 3 nitrogen and oxygen atoms in total. The Bertz CT molecular complexity index is 411. The summed E-state index contributed by atoms with van der Waals surface area (Å²) < 4.78 is 10.7. The van der Waals surface area contributed by atoms with Crippen LogP contribution in [-0.4, -0.2) is 14.2 Å². The molecule has 1 unspecified atom stereocenters. The molecule has 0 amide bonds.